The summed E-state index contributed by atoms with van der Waals surface area (Å²) in [5, 5.41) is 3.15. The van der Waals surface area contributed by atoms with Crippen LogP contribution in [0.15, 0.2) is 24.3 Å². The summed E-state index contributed by atoms with van der Waals surface area (Å²) in [5.41, 5.74) is 6.75. The molecule has 0 spiro atoms. The third-order valence-corrected chi connectivity index (χ3v) is 5.69. The molecular weight excluding hydrogens is 304 g/mol. The van der Waals surface area contributed by atoms with Crippen molar-refractivity contribution in [2.45, 2.75) is 49.5 Å². The van der Waals surface area contributed by atoms with E-state index in [1.165, 1.54) is 5.56 Å². The van der Waals surface area contributed by atoms with Gasteiger partial charge in [0.05, 0.1) is 12.6 Å². The van der Waals surface area contributed by atoms with Crippen molar-refractivity contribution in [3.8, 4) is 5.75 Å². The van der Waals surface area contributed by atoms with Crippen LogP contribution >= 0.6 is 0 Å². The molecule has 2 aliphatic rings. The molecule has 5 heteroatoms. The van der Waals surface area contributed by atoms with Crippen LogP contribution in [0.3, 0.4) is 0 Å². The van der Waals surface area contributed by atoms with E-state index < -0.39 is 5.54 Å². The largest absolute Gasteiger partial charge is 0.497 e. The molecule has 0 unspecified atom stereocenters. The van der Waals surface area contributed by atoms with Crippen molar-refractivity contribution in [1.29, 1.82) is 0 Å². The molecule has 24 heavy (non-hydrogen) atoms. The van der Waals surface area contributed by atoms with E-state index in [-0.39, 0.29) is 11.3 Å². The molecule has 1 aromatic carbocycles. The van der Waals surface area contributed by atoms with Gasteiger partial charge in [0, 0.05) is 25.2 Å². The maximum atomic E-state index is 12.6. The molecule has 1 aliphatic heterocycles. The molecule has 3 N–H and O–H groups in total. The number of methoxy groups -OCH3 is 1. The first-order valence-electron chi connectivity index (χ1n) is 8.88. The number of carbonyl (C=O) groups excluding carboxylic acids is 1. The zero-order valence-corrected chi connectivity index (χ0v) is 14.5. The van der Waals surface area contributed by atoms with Gasteiger partial charge in [-0.3, -0.25) is 4.79 Å². The third-order valence-electron chi connectivity index (χ3n) is 5.69. The topological polar surface area (TPSA) is 73.6 Å². The molecule has 0 atom stereocenters. The highest BCUT2D eigenvalue weighted by Crippen LogP contribution is 2.35. The predicted molar refractivity (Wildman–Crippen MR) is 93.1 cm³/mol. The second-order valence-electron chi connectivity index (χ2n) is 7.17. The molecule has 3 rings (SSSR count). The van der Waals surface area contributed by atoms with Crippen molar-refractivity contribution in [3.05, 3.63) is 29.8 Å². The summed E-state index contributed by atoms with van der Waals surface area (Å²) < 4.78 is 10.8. The van der Waals surface area contributed by atoms with Gasteiger partial charge in [0.25, 0.3) is 0 Å². The second-order valence-corrected chi connectivity index (χ2v) is 7.17. The van der Waals surface area contributed by atoms with Crippen LogP contribution in [0.1, 0.15) is 44.1 Å². The Morgan fingerprint density at radius 3 is 2.38 bits per heavy atom. The molecule has 1 aromatic rings. The minimum atomic E-state index is -0.674. The fourth-order valence-electron chi connectivity index (χ4n) is 3.93. The van der Waals surface area contributed by atoms with Crippen molar-refractivity contribution in [2.24, 2.45) is 5.73 Å². The van der Waals surface area contributed by atoms with Gasteiger partial charge in [0.2, 0.25) is 5.91 Å². The highest BCUT2D eigenvalue weighted by atomic mass is 16.5. The average Bonchev–Trinajstić information content (AvgIpc) is 3.08. The molecule has 1 aliphatic carbocycles. The van der Waals surface area contributed by atoms with Crippen molar-refractivity contribution in [1.82, 2.24) is 5.32 Å². The van der Waals surface area contributed by atoms with E-state index >= 15 is 0 Å². The molecule has 1 saturated heterocycles. The number of rotatable bonds is 5. The highest BCUT2D eigenvalue weighted by molar-refractivity contribution is 5.86. The Balaban J connectivity index is 1.74. The van der Waals surface area contributed by atoms with Gasteiger partial charge in [0.15, 0.2) is 0 Å². The van der Waals surface area contributed by atoms with E-state index in [4.69, 9.17) is 15.2 Å². The van der Waals surface area contributed by atoms with Crippen LogP contribution in [0.4, 0.5) is 0 Å². The number of benzene rings is 1. The first-order valence-corrected chi connectivity index (χ1v) is 8.88. The summed E-state index contributed by atoms with van der Waals surface area (Å²) in [5.74, 6) is 0.844. The Hall–Kier alpha value is -1.59. The highest BCUT2D eigenvalue weighted by Gasteiger charge is 2.40. The summed E-state index contributed by atoms with van der Waals surface area (Å²) in [6, 6.07) is 8.17. The molecule has 5 nitrogen and oxygen atoms in total. The van der Waals surface area contributed by atoms with Gasteiger partial charge in [-0.25, -0.2) is 0 Å². The lowest BCUT2D eigenvalue weighted by Crippen LogP contribution is -2.55. The van der Waals surface area contributed by atoms with E-state index in [0.717, 1.165) is 57.5 Å². The van der Waals surface area contributed by atoms with Gasteiger partial charge in [0.1, 0.15) is 5.75 Å². The van der Waals surface area contributed by atoms with Gasteiger partial charge in [-0.05, 0) is 43.4 Å². The van der Waals surface area contributed by atoms with Gasteiger partial charge in [-0.15, -0.1) is 0 Å². The zero-order valence-electron chi connectivity index (χ0n) is 14.5. The van der Waals surface area contributed by atoms with Crippen LogP contribution in [0.2, 0.25) is 0 Å². The molecule has 0 aromatic heterocycles. The standard InChI is InChI=1S/C19H28N2O3/c1-23-16-6-4-15(5-7-16)18(10-12-24-13-11-18)14-21-17(22)19(20)8-2-3-9-19/h4-7H,2-3,8-14,20H2,1H3,(H,21,22). The van der Waals surface area contributed by atoms with E-state index in [9.17, 15) is 4.79 Å². The van der Waals surface area contributed by atoms with Crippen molar-refractivity contribution in [3.63, 3.8) is 0 Å². The smallest absolute Gasteiger partial charge is 0.240 e. The Bertz CT molecular complexity index is 558. The van der Waals surface area contributed by atoms with Gasteiger partial charge in [-0.1, -0.05) is 25.0 Å². The summed E-state index contributed by atoms with van der Waals surface area (Å²) in [6.07, 6.45) is 5.46. The lowest BCUT2D eigenvalue weighted by atomic mass is 9.74. The van der Waals surface area contributed by atoms with E-state index in [1.807, 2.05) is 12.1 Å². The Labute approximate surface area is 143 Å². The first kappa shape index (κ1) is 17.2. The zero-order chi connectivity index (χ0) is 17.0. The fraction of sp³-hybridized carbons (Fsp3) is 0.632. The molecule has 1 saturated carbocycles. The number of nitrogens with two attached hydrogens (primary N) is 1. The van der Waals surface area contributed by atoms with Gasteiger partial charge < -0.3 is 20.5 Å². The minimum absolute atomic E-state index is 0.000575. The predicted octanol–water partition coefficient (Wildman–Crippen LogP) is 2.13. The number of amides is 1. The maximum Gasteiger partial charge on any atom is 0.240 e. The van der Waals surface area contributed by atoms with Crippen molar-refractivity contribution < 1.29 is 14.3 Å². The summed E-state index contributed by atoms with van der Waals surface area (Å²) in [6.45, 7) is 2.05. The molecule has 2 fully saturated rings. The Morgan fingerprint density at radius 2 is 1.79 bits per heavy atom. The molecule has 1 amide bonds. The maximum absolute atomic E-state index is 12.6. The van der Waals surface area contributed by atoms with Crippen LogP contribution in [0, 0.1) is 0 Å². The molecule has 1 heterocycles. The van der Waals surface area contributed by atoms with Crippen LogP contribution in [-0.2, 0) is 14.9 Å². The van der Waals surface area contributed by atoms with Crippen LogP contribution < -0.4 is 15.8 Å². The van der Waals surface area contributed by atoms with E-state index in [2.05, 4.69) is 17.4 Å². The summed E-state index contributed by atoms with van der Waals surface area (Å²) >= 11 is 0. The second kappa shape index (κ2) is 7.11. The number of carbonyl (C=O) groups is 1. The number of hydrogen-bond donors (Lipinski definition) is 2. The molecule has 132 valence electrons. The van der Waals surface area contributed by atoms with Crippen molar-refractivity contribution in [2.75, 3.05) is 26.9 Å². The van der Waals surface area contributed by atoms with Crippen LogP contribution in [0.5, 0.6) is 5.75 Å². The SMILES string of the molecule is COc1ccc(C2(CNC(=O)C3(N)CCCC3)CCOCC2)cc1. The molecular formula is C19H28N2O3. The summed E-state index contributed by atoms with van der Waals surface area (Å²) in [7, 11) is 1.67. The number of nitrogens with one attached hydrogen (secondary N) is 1. The quantitative estimate of drug-likeness (QED) is 0.866. The monoisotopic (exact) mass is 332 g/mol. The van der Waals surface area contributed by atoms with E-state index in [1.54, 1.807) is 7.11 Å². The van der Waals surface area contributed by atoms with Crippen LogP contribution in [-0.4, -0.2) is 38.3 Å². The Kier molecular flexibility index (Phi) is 5.11. The van der Waals surface area contributed by atoms with Crippen molar-refractivity contribution >= 4 is 5.91 Å². The van der Waals surface area contributed by atoms with Crippen LogP contribution in [0.25, 0.3) is 0 Å². The minimum Gasteiger partial charge on any atom is -0.497 e. The summed E-state index contributed by atoms with van der Waals surface area (Å²) in [4.78, 5) is 12.6. The number of hydrogen-bond acceptors (Lipinski definition) is 4. The Morgan fingerprint density at radius 1 is 1.17 bits per heavy atom. The fourth-order valence-corrected chi connectivity index (χ4v) is 3.93. The third kappa shape index (κ3) is 3.42. The first-order chi connectivity index (χ1) is 11.6. The molecule has 0 bridgehead atoms. The van der Waals surface area contributed by atoms with E-state index in [0.29, 0.717) is 6.54 Å². The average molecular weight is 332 g/mol. The van der Waals surface area contributed by atoms with Gasteiger partial charge >= 0.3 is 0 Å². The lowest BCUT2D eigenvalue weighted by molar-refractivity contribution is -0.126. The van der Waals surface area contributed by atoms with Gasteiger partial charge in [-0.2, -0.15) is 0 Å². The lowest BCUT2D eigenvalue weighted by Gasteiger charge is -2.38. The molecule has 0 radical (unpaired) electrons. The normalized spacial score (nSPS) is 22.1. The number of ether oxygens (including phenoxy) is 2.